The number of unbranched alkanes of at least 4 members (excludes halogenated alkanes) is 22. The van der Waals surface area contributed by atoms with Crippen LogP contribution in [0.4, 0.5) is 0 Å². The molecular weight excluding hydrogens is 380 g/mol. The molecule has 0 aliphatic carbocycles. The van der Waals surface area contributed by atoms with Gasteiger partial charge in [0.05, 0.1) is 6.10 Å². The zero-order valence-corrected chi connectivity index (χ0v) is 21.6. The average molecular weight is 441 g/mol. The Morgan fingerprint density at radius 1 is 0.387 bits per heavy atom. The second-order valence-electron chi connectivity index (χ2n) is 10.1. The molecule has 0 aliphatic rings. The number of hydrogen-bond donors (Lipinski definition) is 2. The fraction of sp³-hybridized carbons (Fsp3) is 1.00. The topological polar surface area (TPSA) is 40.5 Å². The molecule has 188 valence electrons. The number of rotatable bonds is 27. The van der Waals surface area contributed by atoms with Crippen LogP contribution in [0.15, 0.2) is 0 Å². The van der Waals surface area contributed by atoms with Crippen molar-refractivity contribution in [2.45, 2.75) is 180 Å². The normalized spacial score (nSPS) is 12.5. The minimum atomic E-state index is -0.0473. The smallest absolute Gasteiger partial charge is 0.0540 e. The van der Waals surface area contributed by atoms with Crippen LogP contribution in [0.2, 0.25) is 0 Å². The highest BCUT2D eigenvalue weighted by Gasteiger charge is 2.04. The standard InChI is InChI=1S/C29H60O2/c1-2-3-4-5-6-7-8-11-14-17-20-23-26-29(31)27-24-21-18-15-12-9-10-13-16-19-22-25-28-30/h29-31H,2-28H2,1H3. The van der Waals surface area contributed by atoms with Crippen LogP contribution in [0.25, 0.3) is 0 Å². The number of aliphatic hydroxyl groups is 2. The van der Waals surface area contributed by atoms with Gasteiger partial charge in [-0.25, -0.2) is 0 Å². The first-order valence-electron chi connectivity index (χ1n) is 14.6. The van der Waals surface area contributed by atoms with E-state index >= 15 is 0 Å². The molecule has 0 saturated carbocycles. The van der Waals surface area contributed by atoms with Gasteiger partial charge in [-0.15, -0.1) is 0 Å². The molecule has 2 N–H and O–H groups in total. The van der Waals surface area contributed by atoms with Gasteiger partial charge in [0.1, 0.15) is 0 Å². The highest BCUT2D eigenvalue weighted by Crippen LogP contribution is 2.16. The average Bonchev–Trinajstić information content (AvgIpc) is 2.77. The third-order valence-electron chi connectivity index (χ3n) is 6.84. The summed E-state index contributed by atoms with van der Waals surface area (Å²) in [5.41, 5.74) is 0. The van der Waals surface area contributed by atoms with Gasteiger partial charge in [-0.3, -0.25) is 0 Å². The monoisotopic (exact) mass is 440 g/mol. The third-order valence-corrected chi connectivity index (χ3v) is 6.84. The Morgan fingerprint density at radius 3 is 0.935 bits per heavy atom. The molecule has 0 spiro atoms. The Labute approximate surface area is 197 Å². The predicted molar refractivity (Wildman–Crippen MR) is 139 cm³/mol. The van der Waals surface area contributed by atoms with Gasteiger partial charge in [0, 0.05) is 6.61 Å². The quantitative estimate of drug-likeness (QED) is 0.125. The van der Waals surface area contributed by atoms with Gasteiger partial charge in [-0.1, -0.05) is 155 Å². The summed E-state index contributed by atoms with van der Waals surface area (Å²) in [5.74, 6) is 0. The molecule has 0 aromatic heterocycles. The van der Waals surface area contributed by atoms with Gasteiger partial charge < -0.3 is 10.2 Å². The van der Waals surface area contributed by atoms with Gasteiger partial charge in [-0.05, 0) is 19.3 Å². The van der Waals surface area contributed by atoms with E-state index in [1.165, 1.54) is 148 Å². The van der Waals surface area contributed by atoms with Crippen molar-refractivity contribution in [2.24, 2.45) is 0 Å². The molecule has 0 aliphatic heterocycles. The Kier molecular flexibility index (Phi) is 27.9. The van der Waals surface area contributed by atoms with Gasteiger partial charge in [0.25, 0.3) is 0 Å². The van der Waals surface area contributed by atoms with Crippen LogP contribution in [0, 0.1) is 0 Å². The molecule has 0 bridgehead atoms. The van der Waals surface area contributed by atoms with Crippen molar-refractivity contribution < 1.29 is 10.2 Å². The Bertz CT molecular complexity index is 305. The summed E-state index contributed by atoms with van der Waals surface area (Å²) in [6.45, 7) is 2.64. The van der Waals surface area contributed by atoms with Crippen LogP contribution in [-0.2, 0) is 0 Å². The molecule has 0 heterocycles. The molecule has 0 radical (unpaired) electrons. The highest BCUT2D eigenvalue weighted by atomic mass is 16.3. The molecule has 1 atom stereocenters. The maximum Gasteiger partial charge on any atom is 0.0540 e. The minimum Gasteiger partial charge on any atom is -0.396 e. The zero-order valence-electron chi connectivity index (χ0n) is 21.6. The molecule has 0 amide bonds. The first kappa shape index (κ1) is 30.9. The van der Waals surface area contributed by atoms with E-state index in [0.29, 0.717) is 6.61 Å². The van der Waals surface area contributed by atoms with Crippen molar-refractivity contribution >= 4 is 0 Å². The summed E-state index contributed by atoms with van der Waals surface area (Å²) in [4.78, 5) is 0. The lowest BCUT2D eigenvalue weighted by Crippen LogP contribution is -2.05. The van der Waals surface area contributed by atoms with E-state index in [0.717, 1.165) is 19.3 Å². The first-order chi connectivity index (χ1) is 15.3. The summed E-state index contributed by atoms with van der Waals surface area (Å²) in [6, 6.07) is 0. The van der Waals surface area contributed by atoms with E-state index in [1.54, 1.807) is 0 Å². The van der Waals surface area contributed by atoms with Crippen molar-refractivity contribution in [1.82, 2.24) is 0 Å². The molecule has 31 heavy (non-hydrogen) atoms. The van der Waals surface area contributed by atoms with E-state index in [2.05, 4.69) is 6.92 Å². The number of aliphatic hydroxyl groups excluding tert-OH is 2. The molecular formula is C29H60O2. The summed E-state index contributed by atoms with van der Waals surface area (Å²) >= 11 is 0. The van der Waals surface area contributed by atoms with Crippen molar-refractivity contribution in [3.8, 4) is 0 Å². The van der Waals surface area contributed by atoms with Crippen molar-refractivity contribution in [3.63, 3.8) is 0 Å². The molecule has 0 rings (SSSR count). The Hall–Kier alpha value is -0.0800. The third kappa shape index (κ3) is 27.9. The van der Waals surface area contributed by atoms with Crippen LogP contribution in [-0.4, -0.2) is 22.9 Å². The lowest BCUT2D eigenvalue weighted by atomic mass is 10.0. The predicted octanol–water partition coefficient (Wildman–Crippen LogP) is 9.50. The number of hydrogen-bond acceptors (Lipinski definition) is 2. The lowest BCUT2D eigenvalue weighted by molar-refractivity contribution is 0.147. The zero-order chi connectivity index (χ0) is 22.7. The first-order valence-corrected chi connectivity index (χ1v) is 14.6. The fourth-order valence-corrected chi connectivity index (χ4v) is 4.62. The summed E-state index contributed by atoms with van der Waals surface area (Å²) in [6.07, 6.45) is 34.3. The fourth-order valence-electron chi connectivity index (χ4n) is 4.62. The van der Waals surface area contributed by atoms with E-state index in [4.69, 9.17) is 5.11 Å². The highest BCUT2D eigenvalue weighted by molar-refractivity contribution is 4.58. The van der Waals surface area contributed by atoms with Gasteiger partial charge >= 0.3 is 0 Å². The largest absolute Gasteiger partial charge is 0.396 e. The van der Waals surface area contributed by atoms with Gasteiger partial charge in [0.15, 0.2) is 0 Å². The maximum atomic E-state index is 10.2. The molecule has 2 nitrogen and oxygen atoms in total. The summed E-state index contributed by atoms with van der Waals surface area (Å²) in [7, 11) is 0. The Morgan fingerprint density at radius 2 is 0.645 bits per heavy atom. The molecule has 2 heteroatoms. The second-order valence-corrected chi connectivity index (χ2v) is 10.1. The van der Waals surface area contributed by atoms with Crippen LogP contribution in [0.3, 0.4) is 0 Å². The Balaban J connectivity index is 3.13. The molecule has 0 aromatic rings. The SMILES string of the molecule is CCCCCCCCCCCCCCC(O)CCCCCCCCCCCCCCO. The molecule has 1 unspecified atom stereocenters. The molecule has 0 fully saturated rings. The van der Waals surface area contributed by atoms with Crippen LogP contribution < -0.4 is 0 Å². The van der Waals surface area contributed by atoms with Crippen LogP contribution in [0.5, 0.6) is 0 Å². The maximum absolute atomic E-state index is 10.2. The van der Waals surface area contributed by atoms with Gasteiger partial charge in [-0.2, -0.15) is 0 Å². The van der Waals surface area contributed by atoms with Crippen molar-refractivity contribution in [2.75, 3.05) is 6.61 Å². The van der Waals surface area contributed by atoms with Crippen LogP contribution in [0.1, 0.15) is 174 Å². The van der Waals surface area contributed by atoms with E-state index < -0.39 is 0 Å². The van der Waals surface area contributed by atoms with Crippen molar-refractivity contribution in [3.05, 3.63) is 0 Å². The summed E-state index contributed by atoms with van der Waals surface area (Å²) in [5, 5.41) is 18.9. The van der Waals surface area contributed by atoms with Crippen molar-refractivity contribution in [1.29, 1.82) is 0 Å². The minimum absolute atomic E-state index is 0.0473. The van der Waals surface area contributed by atoms with Crippen LogP contribution >= 0.6 is 0 Å². The molecule has 0 saturated heterocycles. The van der Waals surface area contributed by atoms with Gasteiger partial charge in [0.2, 0.25) is 0 Å². The van der Waals surface area contributed by atoms with E-state index in [1.807, 2.05) is 0 Å². The van der Waals surface area contributed by atoms with E-state index in [9.17, 15) is 5.11 Å². The molecule has 0 aromatic carbocycles. The summed E-state index contributed by atoms with van der Waals surface area (Å²) < 4.78 is 0. The second kappa shape index (κ2) is 28.0. The lowest BCUT2D eigenvalue weighted by Gasteiger charge is -2.10. The van der Waals surface area contributed by atoms with E-state index in [-0.39, 0.29) is 6.10 Å².